The van der Waals surface area contributed by atoms with Crippen molar-refractivity contribution in [2.45, 2.75) is 44.7 Å². The number of likely N-dealkylation sites (tertiary alicyclic amines) is 1. The summed E-state index contributed by atoms with van der Waals surface area (Å²) in [5, 5.41) is 1.99. The van der Waals surface area contributed by atoms with Gasteiger partial charge in [-0.1, -0.05) is 0 Å². The Kier molecular flexibility index (Phi) is 3.83. The second kappa shape index (κ2) is 5.88. The third-order valence-electron chi connectivity index (χ3n) is 5.07. The molecule has 0 unspecified atom stereocenters. The van der Waals surface area contributed by atoms with Gasteiger partial charge in [-0.05, 0) is 49.6 Å². The first-order valence-electron chi connectivity index (χ1n) is 8.51. The van der Waals surface area contributed by atoms with Crippen LogP contribution < -0.4 is 0 Å². The summed E-state index contributed by atoms with van der Waals surface area (Å²) in [5.74, 6) is 0.0186. The van der Waals surface area contributed by atoms with Crippen LogP contribution in [0.1, 0.15) is 40.9 Å². The molecule has 3 fully saturated rings. The lowest BCUT2D eigenvalue weighted by Crippen LogP contribution is -2.48. The predicted octanol–water partition coefficient (Wildman–Crippen LogP) is 2.09. The molecule has 2 saturated heterocycles. The van der Waals surface area contributed by atoms with E-state index in [9.17, 15) is 14.4 Å². The maximum atomic E-state index is 12.5. The van der Waals surface area contributed by atoms with Crippen LogP contribution in [0.3, 0.4) is 0 Å². The number of carbonyl (C=O) groups is 3. The maximum Gasteiger partial charge on any atom is 0.327 e. The number of imide groups is 1. The molecule has 3 heterocycles. The topological polar surface area (TPSA) is 60.9 Å². The molecule has 4 rings (SSSR count). The Hall–Kier alpha value is -1.89. The molecule has 7 heteroatoms. The Morgan fingerprint density at radius 2 is 1.83 bits per heavy atom. The van der Waals surface area contributed by atoms with E-state index in [-0.39, 0.29) is 36.5 Å². The van der Waals surface area contributed by atoms with Crippen molar-refractivity contribution >= 4 is 29.2 Å². The molecule has 0 atom stereocenters. The van der Waals surface area contributed by atoms with Gasteiger partial charge in [0.25, 0.3) is 11.8 Å². The Labute approximate surface area is 145 Å². The first-order valence-corrected chi connectivity index (χ1v) is 9.39. The van der Waals surface area contributed by atoms with Gasteiger partial charge >= 0.3 is 6.03 Å². The molecule has 1 aromatic heterocycles. The highest BCUT2D eigenvalue weighted by Gasteiger charge is 2.47. The minimum Gasteiger partial charge on any atom is -0.338 e. The fourth-order valence-electron chi connectivity index (χ4n) is 3.59. The zero-order chi connectivity index (χ0) is 16.8. The van der Waals surface area contributed by atoms with Crippen LogP contribution in [0.4, 0.5) is 4.79 Å². The van der Waals surface area contributed by atoms with Crippen molar-refractivity contribution in [1.29, 1.82) is 0 Å². The average molecular weight is 347 g/mol. The van der Waals surface area contributed by atoms with Crippen molar-refractivity contribution < 1.29 is 14.4 Å². The number of rotatable bonds is 3. The third-order valence-corrected chi connectivity index (χ3v) is 6.11. The van der Waals surface area contributed by atoms with E-state index in [1.165, 1.54) is 16.2 Å². The molecular formula is C17H21N3O3S. The molecule has 6 nitrogen and oxygen atoms in total. The largest absolute Gasteiger partial charge is 0.338 e. The molecule has 1 aromatic rings. The van der Waals surface area contributed by atoms with Gasteiger partial charge in [0.15, 0.2) is 0 Å². The number of amides is 4. The highest BCUT2D eigenvalue weighted by Crippen LogP contribution is 2.32. The lowest BCUT2D eigenvalue weighted by atomic mass is 10.0. The lowest BCUT2D eigenvalue weighted by molar-refractivity contribution is -0.125. The molecule has 4 amide bonds. The summed E-state index contributed by atoms with van der Waals surface area (Å²) >= 11 is 1.48. The molecule has 0 bridgehead atoms. The van der Waals surface area contributed by atoms with Crippen molar-refractivity contribution in [1.82, 2.24) is 14.7 Å². The Balaban J connectivity index is 1.37. The summed E-state index contributed by atoms with van der Waals surface area (Å²) < 4.78 is 0. The molecule has 128 valence electrons. The van der Waals surface area contributed by atoms with Crippen LogP contribution in [0, 0.1) is 6.92 Å². The average Bonchev–Trinajstić information content (AvgIpc) is 3.24. The quantitative estimate of drug-likeness (QED) is 0.787. The summed E-state index contributed by atoms with van der Waals surface area (Å²) in [6, 6.07) is 2.01. The van der Waals surface area contributed by atoms with Crippen molar-refractivity contribution in [2.75, 3.05) is 19.6 Å². The van der Waals surface area contributed by atoms with E-state index in [1.807, 2.05) is 23.3 Å². The van der Waals surface area contributed by atoms with Gasteiger partial charge in [-0.2, -0.15) is 0 Å². The van der Waals surface area contributed by atoms with Crippen LogP contribution in [-0.2, 0) is 4.79 Å². The van der Waals surface area contributed by atoms with Crippen molar-refractivity contribution in [3.63, 3.8) is 0 Å². The van der Waals surface area contributed by atoms with Crippen molar-refractivity contribution in [3.05, 3.63) is 21.9 Å². The predicted molar refractivity (Wildman–Crippen MR) is 90.0 cm³/mol. The van der Waals surface area contributed by atoms with Crippen LogP contribution in [0.25, 0.3) is 0 Å². The van der Waals surface area contributed by atoms with E-state index in [4.69, 9.17) is 0 Å². The first-order chi connectivity index (χ1) is 11.5. The number of urea groups is 1. The summed E-state index contributed by atoms with van der Waals surface area (Å²) in [5.41, 5.74) is 1.11. The molecule has 1 aliphatic carbocycles. The number of aryl methyl sites for hydroxylation is 1. The van der Waals surface area contributed by atoms with Gasteiger partial charge in [0.2, 0.25) is 0 Å². The van der Waals surface area contributed by atoms with Crippen molar-refractivity contribution in [2.24, 2.45) is 0 Å². The number of nitrogens with zero attached hydrogens (tertiary/aromatic N) is 3. The first kappa shape index (κ1) is 15.6. The van der Waals surface area contributed by atoms with Crippen molar-refractivity contribution in [3.8, 4) is 0 Å². The molecule has 0 radical (unpaired) electrons. The summed E-state index contributed by atoms with van der Waals surface area (Å²) in [7, 11) is 0. The summed E-state index contributed by atoms with van der Waals surface area (Å²) in [6.07, 6.45) is 3.37. The lowest BCUT2D eigenvalue weighted by Gasteiger charge is -2.36. The maximum absolute atomic E-state index is 12.5. The SMILES string of the molecule is Cc1csc(C(=O)N2CCC(N3CC(=O)N(C4CC4)C3=O)CC2)c1. The molecular weight excluding hydrogens is 326 g/mol. The number of hydrogen-bond acceptors (Lipinski definition) is 4. The number of hydrogen-bond donors (Lipinski definition) is 0. The van der Waals surface area contributed by atoms with Gasteiger partial charge in [-0.25, -0.2) is 4.79 Å². The van der Waals surface area contributed by atoms with Crippen LogP contribution >= 0.6 is 11.3 Å². The molecule has 2 aliphatic heterocycles. The molecule has 0 spiro atoms. The second-order valence-electron chi connectivity index (χ2n) is 6.92. The van der Waals surface area contributed by atoms with E-state index >= 15 is 0 Å². The normalized spacial score (nSPS) is 22.6. The smallest absolute Gasteiger partial charge is 0.327 e. The summed E-state index contributed by atoms with van der Waals surface area (Å²) in [6.45, 7) is 3.48. The van der Waals surface area contributed by atoms with E-state index < -0.39 is 0 Å². The van der Waals surface area contributed by atoms with Crippen LogP contribution in [-0.4, -0.2) is 64.3 Å². The standard InChI is InChI=1S/C17H21N3O3S/c1-11-8-14(24-10-11)16(22)18-6-4-12(5-7-18)19-9-15(21)20(17(19)23)13-2-3-13/h8,10,12-13H,2-7,9H2,1H3. The van der Waals surface area contributed by atoms with Crippen LogP contribution in [0.2, 0.25) is 0 Å². The molecule has 3 aliphatic rings. The molecule has 1 saturated carbocycles. The fraction of sp³-hybridized carbons (Fsp3) is 0.588. The summed E-state index contributed by atoms with van der Waals surface area (Å²) in [4.78, 5) is 42.9. The highest BCUT2D eigenvalue weighted by molar-refractivity contribution is 7.12. The number of thiophene rings is 1. The highest BCUT2D eigenvalue weighted by atomic mass is 32.1. The molecule has 0 N–H and O–H groups in total. The van der Waals surface area contributed by atoms with Gasteiger partial charge in [0.05, 0.1) is 4.88 Å². The minimum atomic E-state index is -0.124. The van der Waals surface area contributed by atoms with E-state index in [2.05, 4.69) is 0 Å². The second-order valence-corrected chi connectivity index (χ2v) is 7.83. The van der Waals surface area contributed by atoms with E-state index in [0.29, 0.717) is 13.1 Å². The fourth-order valence-corrected chi connectivity index (χ4v) is 4.46. The van der Waals surface area contributed by atoms with Gasteiger partial charge in [-0.3, -0.25) is 14.5 Å². The van der Waals surface area contributed by atoms with Gasteiger partial charge in [0, 0.05) is 25.2 Å². The number of carbonyl (C=O) groups excluding carboxylic acids is 3. The van der Waals surface area contributed by atoms with E-state index in [1.54, 1.807) is 4.90 Å². The Bertz CT molecular complexity index is 689. The third kappa shape index (κ3) is 2.70. The Morgan fingerprint density at radius 1 is 1.12 bits per heavy atom. The van der Waals surface area contributed by atoms with Gasteiger partial charge in [0.1, 0.15) is 6.54 Å². The van der Waals surface area contributed by atoms with Gasteiger partial charge in [-0.15, -0.1) is 11.3 Å². The minimum absolute atomic E-state index is 0.0601. The molecule has 24 heavy (non-hydrogen) atoms. The van der Waals surface area contributed by atoms with Gasteiger partial charge < -0.3 is 9.80 Å². The Morgan fingerprint density at radius 3 is 2.42 bits per heavy atom. The monoisotopic (exact) mass is 347 g/mol. The molecule has 0 aromatic carbocycles. The zero-order valence-electron chi connectivity index (χ0n) is 13.7. The van der Waals surface area contributed by atoms with E-state index in [0.717, 1.165) is 36.1 Å². The van der Waals surface area contributed by atoms with Crippen LogP contribution in [0.15, 0.2) is 11.4 Å². The van der Waals surface area contributed by atoms with Crippen LogP contribution in [0.5, 0.6) is 0 Å². The number of piperidine rings is 1. The zero-order valence-corrected chi connectivity index (χ0v) is 14.6.